The monoisotopic (exact) mass is 580 g/mol. The summed E-state index contributed by atoms with van der Waals surface area (Å²) >= 11 is 0. The zero-order chi connectivity index (χ0) is 30.1. The molecule has 2 heterocycles. The van der Waals surface area contributed by atoms with Gasteiger partial charge in [0.25, 0.3) is 11.7 Å². The molecule has 2 saturated heterocycles. The first-order chi connectivity index (χ1) is 20.3. The van der Waals surface area contributed by atoms with Crippen LogP contribution in [0, 0.1) is 5.92 Å². The normalized spacial score (nSPS) is 19.0. The van der Waals surface area contributed by atoms with Gasteiger partial charge in [-0.3, -0.25) is 14.5 Å². The maximum atomic E-state index is 13.6. The van der Waals surface area contributed by atoms with Gasteiger partial charge in [0.05, 0.1) is 45.2 Å². The first-order valence-corrected chi connectivity index (χ1v) is 15.0. The molecule has 228 valence electrons. The number of ether oxygens (including phenoxy) is 4. The fourth-order valence-electron chi connectivity index (χ4n) is 5.13. The number of hydrogen-bond acceptors (Lipinski definition) is 8. The van der Waals surface area contributed by atoms with Crippen LogP contribution < -0.4 is 14.2 Å². The topological polar surface area (TPSA) is 97.8 Å². The van der Waals surface area contributed by atoms with E-state index in [9.17, 15) is 14.7 Å². The maximum absolute atomic E-state index is 13.6. The summed E-state index contributed by atoms with van der Waals surface area (Å²) < 4.78 is 22.9. The molecule has 2 aliphatic heterocycles. The first kappa shape index (κ1) is 31.4. The van der Waals surface area contributed by atoms with Crippen molar-refractivity contribution < 1.29 is 33.6 Å². The summed E-state index contributed by atoms with van der Waals surface area (Å²) in [5.41, 5.74) is 1.12. The molecule has 1 N–H and O–H groups in total. The van der Waals surface area contributed by atoms with E-state index in [1.54, 1.807) is 42.3 Å². The number of unbranched alkanes of at least 4 members (excludes halogenated alkanes) is 1. The van der Waals surface area contributed by atoms with Crippen molar-refractivity contribution in [3.8, 4) is 17.2 Å². The highest BCUT2D eigenvalue weighted by Crippen LogP contribution is 2.42. The van der Waals surface area contributed by atoms with E-state index in [0.717, 1.165) is 32.4 Å². The van der Waals surface area contributed by atoms with Crippen LogP contribution in [-0.4, -0.2) is 86.3 Å². The highest BCUT2D eigenvalue weighted by atomic mass is 16.5. The second-order valence-corrected chi connectivity index (χ2v) is 11.1. The fourth-order valence-corrected chi connectivity index (χ4v) is 5.13. The maximum Gasteiger partial charge on any atom is 0.295 e. The van der Waals surface area contributed by atoms with Crippen LogP contribution >= 0.6 is 0 Å². The van der Waals surface area contributed by atoms with Crippen LogP contribution in [0.1, 0.15) is 57.2 Å². The molecule has 9 heteroatoms. The summed E-state index contributed by atoms with van der Waals surface area (Å²) in [6.45, 7) is 11.1. The number of Topliss-reactive ketones (excluding diaryl/α,β-unsaturated/α-hetero) is 1. The summed E-state index contributed by atoms with van der Waals surface area (Å²) in [6.07, 6.45) is 2.80. The van der Waals surface area contributed by atoms with Crippen molar-refractivity contribution in [2.45, 2.75) is 46.1 Å². The molecule has 2 aromatic carbocycles. The summed E-state index contributed by atoms with van der Waals surface area (Å²) in [5.74, 6) is 0.594. The van der Waals surface area contributed by atoms with Gasteiger partial charge in [-0.1, -0.05) is 45.4 Å². The second kappa shape index (κ2) is 15.1. The van der Waals surface area contributed by atoms with Gasteiger partial charge in [0, 0.05) is 31.7 Å². The summed E-state index contributed by atoms with van der Waals surface area (Å²) in [7, 11) is 1.56. The van der Waals surface area contributed by atoms with E-state index in [4.69, 9.17) is 18.9 Å². The lowest BCUT2D eigenvalue weighted by atomic mass is 9.95. The van der Waals surface area contributed by atoms with Gasteiger partial charge in [0.1, 0.15) is 11.5 Å². The Bertz CT molecular complexity index is 1250. The Morgan fingerprint density at radius 1 is 1.02 bits per heavy atom. The minimum absolute atomic E-state index is 0.0446. The molecule has 0 aliphatic carbocycles. The van der Waals surface area contributed by atoms with Crippen molar-refractivity contribution >= 4 is 17.4 Å². The number of benzene rings is 2. The highest BCUT2D eigenvalue weighted by molar-refractivity contribution is 6.46. The van der Waals surface area contributed by atoms with Gasteiger partial charge in [-0.05, 0) is 48.6 Å². The molecule has 1 atom stereocenters. The number of rotatable bonds is 14. The molecule has 2 fully saturated rings. The van der Waals surface area contributed by atoms with E-state index in [2.05, 4.69) is 25.7 Å². The Hall–Kier alpha value is -3.56. The number of carbonyl (C=O) groups excluding carboxylic acids is 2. The number of likely N-dealkylation sites (tertiary alicyclic amines) is 1. The van der Waals surface area contributed by atoms with Crippen molar-refractivity contribution in [1.29, 1.82) is 0 Å². The average Bonchev–Trinajstić information content (AvgIpc) is 3.25. The second-order valence-electron chi connectivity index (χ2n) is 11.1. The molecular formula is C33H44N2O7. The Labute approximate surface area is 249 Å². The molecule has 0 spiro atoms. The van der Waals surface area contributed by atoms with Crippen molar-refractivity contribution in [2.75, 3.05) is 59.7 Å². The predicted molar refractivity (Wildman–Crippen MR) is 161 cm³/mol. The van der Waals surface area contributed by atoms with E-state index >= 15 is 0 Å². The average molecular weight is 581 g/mol. The lowest BCUT2D eigenvalue weighted by Crippen LogP contribution is -2.42. The zero-order valence-corrected chi connectivity index (χ0v) is 25.3. The number of morpholine rings is 1. The van der Waals surface area contributed by atoms with Crippen LogP contribution in [-0.2, 0) is 14.3 Å². The van der Waals surface area contributed by atoms with Crippen molar-refractivity contribution in [3.63, 3.8) is 0 Å². The van der Waals surface area contributed by atoms with E-state index < -0.39 is 17.7 Å². The predicted octanol–water partition coefficient (Wildman–Crippen LogP) is 5.05. The summed E-state index contributed by atoms with van der Waals surface area (Å²) in [5, 5.41) is 11.6. The molecule has 2 aliphatic rings. The number of aliphatic hydroxyl groups excluding tert-OH is 1. The van der Waals surface area contributed by atoms with Gasteiger partial charge >= 0.3 is 0 Å². The SMILES string of the molecule is CCCCOc1cccc(/C(O)=C2\C(=O)C(=O)N(CCN3CCOCC3)C2c2ccc(OCCC(C)C)c(OC)c2)c1. The number of methoxy groups -OCH3 is 1. The van der Waals surface area contributed by atoms with E-state index in [-0.39, 0.29) is 11.3 Å². The molecule has 1 unspecified atom stereocenters. The third kappa shape index (κ3) is 7.63. The first-order valence-electron chi connectivity index (χ1n) is 15.0. The molecule has 42 heavy (non-hydrogen) atoms. The van der Waals surface area contributed by atoms with Crippen LogP contribution in [0.5, 0.6) is 17.2 Å². The van der Waals surface area contributed by atoms with Gasteiger partial charge in [0.2, 0.25) is 0 Å². The third-order valence-corrected chi connectivity index (χ3v) is 7.63. The summed E-state index contributed by atoms with van der Waals surface area (Å²) in [6, 6.07) is 11.6. The Morgan fingerprint density at radius 2 is 1.81 bits per heavy atom. The van der Waals surface area contributed by atoms with Crippen molar-refractivity contribution in [2.24, 2.45) is 5.92 Å². The fraction of sp³-hybridized carbons (Fsp3) is 0.515. The quantitative estimate of drug-likeness (QED) is 0.144. The molecule has 0 radical (unpaired) electrons. The van der Waals surface area contributed by atoms with Gasteiger partial charge in [0.15, 0.2) is 11.5 Å². The molecular weight excluding hydrogens is 536 g/mol. The van der Waals surface area contributed by atoms with Gasteiger partial charge in [-0.2, -0.15) is 0 Å². The number of carbonyl (C=O) groups is 2. The number of nitrogens with zero attached hydrogens (tertiary/aromatic N) is 2. The smallest absolute Gasteiger partial charge is 0.295 e. The lowest BCUT2D eigenvalue weighted by Gasteiger charge is -2.31. The number of aliphatic hydroxyl groups is 1. The standard InChI is InChI=1S/C33H44N2O7/c1-5-6-17-41-26-9-7-8-25(21-26)31(36)29-30(24-10-11-27(28(22-24)39-4)42-18-12-23(2)3)35(33(38)32(29)37)14-13-34-15-19-40-20-16-34/h7-11,21-23,30,36H,5-6,12-20H2,1-4H3/b31-29+. The van der Waals surface area contributed by atoms with Crippen molar-refractivity contribution in [3.05, 3.63) is 59.2 Å². The van der Waals surface area contributed by atoms with E-state index in [0.29, 0.717) is 73.8 Å². The largest absolute Gasteiger partial charge is 0.507 e. The van der Waals surface area contributed by atoms with Gasteiger partial charge in [-0.15, -0.1) is 0 Å². The molecule has 2 aromatic rings. The van der Waals surface area contributed by atoms with Crippen LogP contribution in [0.4, 0.5) is 0 Å². The van der Waals surface area contributed by atoms with Crippen LogP contribution in [0.3, 0.4) is 0 Å². The third-order valence-electron chi connectivity index (χ3n) is 7.63. The molecule has 9 nitrogen and oxygen atoms in total. The van der Waals surface area contributed by atoms with Crippen molar-refractivity contribution in [1.82, 2.24) is 9.80 Å². The van der Waals surface area contributed by atoms with Gasteiger partial charge < -0.3 is 29.0 Å². The molecule has 1 amide bonds. The van der Waals surface area contributed by atoms with Crippen LogP contribution in [0.15, 0.2) is 48.0 Å². The minimum atomic E-state index is -0.797. The molecule has 0 bridgehead atoms. The zero-order valence-electron chi connectivity index (χ0n) is 25.3. The Morgan fingerprint density at radius 3 is 2.52 bits per heavy atom. The minimum Gasteiger partial charge on any atom is -0.507 e. The Kier molecular flexibility index (Phi) is 11.3. The molecule has 4 rings (SSSR count). The van der Waals surface area contributed by atoms with E-state index in [1.165, 1.54) is 0 Å². The highest BCUT2D eigenvalue weighted by Gasteiger charge is 2.46. The molecule has 0 aromatic heterocycles. The van der Waals surface area contributed by atoms with Crippen LogP contribution in [0.25, 0.3) is 5.76 Å². The number of hydrogen-bond donors (Lipinski definition) is 1. The van der Waals surface area contributed by atoms with E-state index in [1.807, 2.05) is 12.1 Å². The van der Waals surface area contributed by atoms with Crippen LogP contribution in [0.2, 0.25) is 0 Å². The van der Waals surface area contributed by atoms with Gasteiger partial charge in [-0.25, -0.2) is 0 Å². The number of amides is 1. The lowest BCUT2D eigenvalue weighted by molar-refractivity contribution is -0.140. The Balaban J connectivity index is 1.71. The number of ketones is 1. The summed E-state index contributed by atoms with van der Waals surface area (Å²) in [4.78, 5) is 30.8. The molecule has 0 saturated carbocycles.